The molecule has 0 spiro atoms. The molecule has 3 rings (SSSR count). The third-order valence-electron chi connectivity index (χ3n) is 4.62. The maximum absolute atomic E-state index is 12.9. The molecule has 134 valence electrons. The van der Waals surface area contributed by atoms with E-state index in [9.17, 15) is 13.9 Å². The Balaban J connectivity index is 1.40. The first-order valence-corrected chi connectivity index (χ1v) is 8.62. The van der Waals surface area contributed by atoms with Crippen molar-refractivity contribution < 1.29 is 18.6 Å². The van der Waals surface area contributed by atoms with E-state index in [1.807, 2.05) is 0 Å². The highest BCUT2D eigenvalue weighted by Gasteiger charge is 2.22. The van der Waals surface area contributed by atoms with Crippen LogP contribution in [0, 0.1) is 11.6 Å². The van der Waals surface area contributed by atoms with Crippen molar-refractivity contribution in [2.45, 2.75) is 31.7 Å². The molecule has 0 radical (unpaired) electrons. The second-order valence-electron chi connectivity index (χ2n) is 6.50. The lowest BCUT2D eigenvalue weighted by molar-refractivity contribution is -0.0109. The molecule has 0 bridgehead atoms. The minimum atomic E-state index is -0.614. The van der Waals surface area contributed by atoms with E-state index >= 15 is 0 Å². The second-order valence-corrected chi connectivity index (χ2v) is 6.50. The smallest absolute Gasteiger partial charge is 0.123 e. The van der Waals surface area contributed by atoms with E-state index in [4.69, 9.17) is 4.74 Å². The lowest BCUT2D eigenvalue weighted by atomic mass is 10.0. The van der Waals surface area contributed by atoms with Crippen molar-refractivity contribution in [1.82, 2.24) is 4.90 Å². The fourth-order valence-electron chi connectivity index (χ4n) is 3.09. The lowest BCUT2D eigenvalue weighted by Gasteiger charge is -2.33. The first kappa shape index (κ1) is 18.0. The van der Waals surface area contributed by atoms with Gasteiger partial charge in [-0.25, -0.2) is 8.78 Å². The van der Waals surface area contributed by atoms with Gasteiger partial charge in [0.05, 0.1) is 18.8 Å². The predicted molar refractivity (Wildman–Crippen MR) is 92.0 cm³/mol. The monoisotopic (exact) mass is 347 g/mol. The Morgan fingerprint density at radius 3 is 2.12 bits per heavy atom. The minimum absolute atomic E-state index is 0.185. The Hall–Kier alpha value is -1.82. The molecule has 0 aromatic heterocycles. The summed E-state index contributed by atoms with van der Waals surface area (Å²) in [5.41, 5.74) is 1.70. The third-order valence-corrected chi connectivity index (χ3v) is 4.62. The molecule has 0 aliphatic carbocycles. The molecule has 1 aliphatic heterocycles. The molecule has 3 nitrogen and oxygen atoms in total. The van der Waals surface area contributed by atoms with E-state index in [0.29, 0.717) is 13.2 Å². The van der Waals surface area contributed by atoms with Gasteiger partial charge in [0.1, 0.15) is 11.6 Å². The number of β-amino-alcohol motifs (C(OH)–C–C–N with tert-alkyl or cyclic N) is 1. The standard InChI is InChI=1S/C20H23F2NO2/c21-17-5-1-15(2-6-17)14-25-19-9-11-23(12-10-19)13-20(24)16-3-7-18(22)8-4-16/h1-8,19-20,24H,9-14H2. The average Bonchev–Trinajstić information content (AvgIpc) is 2.63. The van der Waals surface area contributed by atoms with Gasteiger partial charge in [-0.15, -0.1) is 0 Å². The highest BCUT2D eigenvalue weighted by Crippen LogP contribution is 2.20. The Bertz CT molecular complexity index is 652. The molecule has 25 heavy (non-hydrogen) atoms. The fourth-order valence-corrected chi connectivity index (χ4v) is 3.09. The van der Waals surface area contributed by atoms with Crippen LogP contribution in [0.2, 0.25) is 0 Å². The van der Waals surface area contributed by atoms with E-state index < -0.39 is 6.10 Å². The Kier molecular flexibility index (Phi) is 6.13. The van der Waals surface area contributed by atoms with Crippen molar-refractivity contribution in [2.24, 2.45) is 0 Å². The van der Waals surface area contributed by atoms with Gasteiger partial charge in [0.2, 0.25) is 0 Å². The summed E-state index contributed by atoms with van der Waals surface area (Å²) in [7, 11) is 0. The number of likely N-dealkylation sites (tertiary alicyclic amines) is 1. The number of aliphatic hydroxyl groups excluding tert-OH is 1. The summed E-state index contributed by atoms with van der Waals surface area (Å²) >= 11 is 0. The molecule has 1 N–H and O–H groups in total. The van der Waals surface area contributed by atoms with Crippen LogP contribution in [0.3, 0.4) is 0 Å². The molecule has 0 saturated carbocycles. The SMILES string of the molecule is OC(CN1CCC(OCc2ccc(F)cc2)CC1)c1ccc(F)cc1. The van der Waals surface area contributed by atoms with E-state index in [1.54, 1.807) is 24.3 Å². The summed E-state index contributed by atoms with van der Waals surface area (Å²) < 4.78 is 31.7. The summed E-state index contributed by atoms with van der Waals surface area (Å²) in [6.07, 6.45) is 1.37. The first-order valence-electron chi connectivity index (χ1n) is 8.62. The number of rotatable bonds is 6. The Labute approximate surface area is 146 Å². The van der Waals surface area contributed by atoms with Gasteiger partial charge in [0, 0.05) is 19.6 Å². The molecular formula is C20H23F2NO2. The molecule has 1 heterocycles. The molecule has 2 aromatic carbocycles. The number of hydrogen-bond acceptors (Lipinski definition) is 3. The number of hydrogen-bond donors (Lipinski definition) is 1. The molecule has 1 unspecified atom stereocenters. The number of aliphatic hydroxyl groups is 1. The highest BCUT2D eigenvalue weighted by molar-refractivity contribution is 5.19. The zero-order valence-electron chi connectivity index (χ0n) is 14.1. The fraction of sp³-hybridized carbons (Fsp3) is 0.400. The molecule has 1 saturated heterocycles. The summed E-state index contributed by atoms with van der Waals surface area (Å²) in [5, 5.41) is 10.3. The normalized spacial score (nSPS) is 17.6. The lowest BCUT2D eigenvalue weighted by Crippen LogP contribution is -2.39. The van der Waals surface area contributed by atoms with E-state index in [0.717, 1.165) is 37.1 Å². The van der Waals surface area contributed by atoms with Gasteiger partial charge in [-0.05, 0) is 48.2 Å². The van der Waals surface area contributed by atoms with Crippen molar-refractivity contribution in [1.29, 1.82) is 0 Å². The number of nitrogens with zero attached hydrogens (tertiary/aromatic N) is 1. The van der Waals surface area contributed by atoms with Crippen LogP contribution in [0.5, 0.6) is 0 Å². The third kappa shape index (κ3) is 5.33. The van der Waals surface area contributed by atoms with Crippen molar-refractivity contribution >= 4 is 0 Å². The van der Waals surface area contributed by atoms with Crippen LogP contribution in [-0.4, -0.2) is 35.7 Å². The molecular weight excluding hydrogens is 324 g/mol. The maximum Gasteiger partial charge on any atom is 0.123 e. The predicted octanol–water partition coefficient (Wildman–Crippen LogP) is 3.68. The number of ether oxygens (including phenoxy) is 1. The molecule has 1 atom stereocenters. The quantitative estimate of drug-likeness (QED) is 0.865. The summed E-state index contributed by atoms with van der Waals surface area (Å²) in [6.45, 7) is 2.73. The molecule has 1 aliphatic rings. The Morgan fingerprint density at radius 1 is 0.960 bits per heavy atom. The maximum atomic E-state index is 12.9. The Morgan fingerprint density at radius 2 is 1.52 bits per heavy atom. The van der Waals surface area contributed by atoms with Gasteiger partial charge < -0.3 is 14.7 Å². The topological polar surface area (TPSA) is 32.7 Å². The van der Waals surface area contributed by atoms with Crippen LogP contribution in [0.25, 0.3) is 0 Å². The minimum Gasteiger partial charge on any atom is -0.387 e. The summed E-state index contributed by atoms with van der Waals surface area (Å²) in [5.74, 6) is -0.535. The largest absolute Gasteiger partial charge is 0.387 e. The van der Waals surface area contributed by atoms with Crippen molar-refractivity contribution in [3.63, 3.8) is 0 Å². The van der Waals surface area contributed by atoms with Gasteiger partial charge in [0.15, 0.2) is 0 Å². The van der Waals surface area contributed by atoms with Crippen LogP contribution in [0.4, 0.5) is 8.78 Å². The van der Waals surface area contributed by atoms with Crippen molar-refractivity contribution in [3.05, 3.63) is 71.3 Å². The number of benzene rings is 2. The zero-order chi connectivity index (χ0) is 17.6. The van der Waals surface area contributed by atoms with Crippen molar-refractivity contribution in [2.75, 3.05) is 19.6 Å². The van der Waals surface area contributed by atoms with Crippen LogP contribution in [-0.2, 0) is 11.3 Å². The molecule has 5 heteroatoms. The van der Waals surface area contributed by atoms with Crippen LogP contribution >= 0.6 is 0 Å². The van der Waals surface area contributed by atoms with Gasteiger partial charge in [-0.2, -0.15) is 0 Å². The molecule has 0 amide bonds. The van der Waals surface area contributed by atoms with Gasteiger partial charge in [-0.1, -0.05) is 24.3 Å². The van der Waals surface area contributed by atoms with E-state index in [1.165, 1.54) is 24.3 Å². The average molecular weight is 347 g/mol. The number of piperidine rings is 1. The van der Waals surface area contributed by atoms with Crippen molar-refractivity contribution in [3.8, 4) is 0 Å². The highest BCUT2D eigenvalue weighted by atomic mass is 19.1. The van der Waals surface area contributed by atoms with Crippen LogP contribution in [0.15, 0.2) is 48.5 Å². The molecule has 1 fully saturated rings. The zero-order valence-corrected chi connectivity index (χ0v) is 14.1. The van der Waals surface area contributed by atoms with Crippen LogP contribution < -0.4 is 0 Å². The number of halogens is 2. The second kappa shape index (κ2) is 8.52. The van der Waals surface area contributed by atoms with Gasteiger partial charge >= 0.3 is 0 Å². The first-order chi connectivity index (χ1) is 12.1. The van der Waals surface area contributed by atoms with E-state index in [2.05, 4.69) is 4.90 Å². The summed E-state index contributed by atoms with van der Waals surface area (Å²) in [4.78, 5) is 2.20. The van der Waals surface area contributed by atoms with Crippen LogP contribution in [0.1, 0.15) is 30.1 Å². The van der Waals surface area contributed by atoms with Gasteiger partial charge in [0.25, 0.3) is 0 Å². The molecule has 2 aromatic rings. The summed E-state index contributed by atoms with van der Waals surface area (Å²) in [6, 6.07) is 12.3. The van der Waals surface area contributed by atoms with E-state index in [-0.39, 0.29) is 17.7 Å². The van der Waals surface area contributed by atoms with Gasteiger partial charge in [-0.3, -0.25) is 0 Å².